The van der Waals surface area contributed by atoms with E-state index in [0.29, 0.717) is 30.3 Å². The molecule has 0 spiro atoms. The Morgan fingerprint density at radius 3 is 3.00 bits per heavy atom. The molecule has 0 saturated heterocycles. The maximum atomic E-state index is 13.8. The van der Waals surface area contributed by atoms with Crippen LogP contribution in [0.2, 0.25) is 5.02 Å². The maximum Gasteiger partial charge on any atom is 0.228 e. The molecule has 21 heavy (non-hydrogen) atoms. The Labute approximate surface area is 127 Å². The van der Waals surface area contributed by atoms with Gasteiger partial charge in [0.05, 0.1) is 11.6 Å². The Hall–Kier alpha value is -1.50. The van der Waals surface area contributed by atoms with Gasteiger partial charge in [-0.1, -0.05) is 28.9 Å². The Morgan fingerprint density at radius 1 is 1.48 bits per heavy atom. The lowest BCUT2D eigenvalue weighted by atomic mass is 10.1. The normalized spacial score (nSPS) is 12.6. The van der Waals surface area contributed by atoms with Gasteiger partial charge in [0.1, 0.15) is 5.82 Å². The van der Waals surface area contributed by atoms with E-state index in [2.05, 4.69) is 15.5 Å². The Bertz CT molecular complexity index is 591. The van der Waals surface area contributed by atoms with Crippen molar-refractivity contribution >= 4 is 11.6 Å². The van der Waals surface area contributed by atoms with Crippen molar-refractivity contribution in [1.29, 1.82) is 0 Å². The standard InChI is InChI=1S/C14H17ClFN3O2/c1-17-10(8-20-2)7-13-18-12(19-21-13)6-9-4-3-5-11(15)14(9)16/h3-5,10,17H,6-8H2,1-2H3. The van der Waals surface area contributed by atoms with E-state index < -0.39 is 5.82 Å². The summed E-state index contributed by atoms with van der Waals surface area (Å²) in [6, 6.07) is 4.94. The second kappa shape index (κ2) is 7.49. The van der Waals surface area contributed by atoms with Crippen LogP contribution in [0.4, 0.5) is 4.39 Å². The van der Waals surface area contributed by atoms with Crippen molar-refractivity contribution in [1.82, 2.24) is 15.5 Å². The number of halogens is 2. The lowest BCUT2D eigenvalue weighted by molar-refractivity contribution is 0.165. The van der Waals surface area contributed by atoms with Gasteiger partial charge in [-0.25, -0.2) is 4.39 Å². The van der Waals surface area contributed by atoms with Crippen LogP contribution in [0.1, 0.15) is 17.3 Å². The van der Waals surface area contributed by atoms with Crippen LogP contribution in [-0.4, -0.2) is 36.9 Å². The second-order valence-corrected chi connectivity index (χ2v) is 5.05. The number of nitrogens with one attached hydrogen (secondary N) is 1. The fourth-order valence-corrected chi connectivity index (χ4v) is 2.15. The molecule has 1 aromatic heterocycles. The minimum absolute atomic E-state index is 0.0891. The quantitative estimate of drug-likeness (QED) is 0.849. The average Bonchev–Trinajstić information content (AvgIpc) is 2.91. The Kier molecular flexibility index (Phi) is 5.67. The minimum atomic E-state index is -0.446. The predicted molar refractivity (Wildman–Crippen MR) is 76.9 cm³/mol. The van der Waals surface area contributed by atoms with Crippen molar-refractivity contribution in [3.63, 3.8) is 0 Å². The van der Waals surface area contributed by atoms with Crippen LogP contribution in [0.25, 0.3) is 0 Å². The van der Waals surface area contributed by atoms with Crippen LogP contribution in [0, 0.1) is 5.82 Å². The second-order valence-electron chi connectivity index (χ2n) is 4.64. The van der Waals surface area contributed by atoms with Crippen molar-refractivity contribution in [2.24, 2.45) is 0 Å². The highest BCUT2D eigenvalue weighted by molar-refractivity contribution is 6.30. The highest BCUT2D eigenvalue weighted by atomic mass is 35.5. The van der Waals surface area contributed by atoms with Gasteiger partial charge in [0.15, 0.2) is 5.82 Å². The summed E-state index contributed by atoms with van der Waals surface area (Å²) in [6.07, 6.45) is 0.791. The van der Waals surface area contributed by atoms with E-state index in [-0.39, 0.29) is 17.5 Å². The number of hydrogen-bond donors (Lipinski definition) is 1. The molecule has 0 aliphatic heterocycles. The van der Waals surface area contributed by atoms with Crippen molar-refractivity contribution < 1.29 is 13.7 Å². The van der Waals surface area contributed by atoms with E-state index in [4.69, 9.17) is 20.9 Å². The summed E-state index contributed by atoms with van der Waals surface area (Å²) in [6.45, 7) is 0.539. The first-order chi connectivity index (χ1) is 10.1. The van der Waals surface area contributed by atoms with Crippen LogP contribution in [0.15, 0.2) is 22.7 Å². The fourth-order valence-electron chi connectivity index (χ4n) is 1.96. The van der Waals surface area contributed by atoms with Crippen LogP contribution in [-0.2, 0) is 17.6 Å². The van der Waals surface area contributed by atoms with Crippen LogP contribution in [0.5, 0.6) is 0 Å². The summed E-state index contributed by atoms with van der Waals surface area (Å²) in [7, 11) is 3.47. The summed E-state index contributed by atoms with van der Waals surface area (Å²) < 4.78 is 24.1. The highest BCUT2D eigenvalue weighted by Gasteiger charge is 2.15. The van der Waals surface area contributed by atoms with Gasteiger partial charge in [-0.3, -0.25) is 0 Å². The zero-order chi connectivity index (χ0) is 15.2. The highest BCUT2D eigenvalue weighted by Crippen LogP contribution is 2.19. The topological polar surface area (TPSA) is 60.2 Å². The summed E-state index contributed by atoms with van der Waals surface area (Å²) >= 11 is 5.75. The molecule has 0 amide bonds. The van der Waals surface area contributed by atoms with E-state index in [1.807, 2.05) is 7.05 Å². The zero-order valence-electron chi connectivity index (χ0n) is 11.9. The number of likely N-dealkylation sites (N-methyl/N-ethyl adjacent to an activating group) is 1. The molecule has 114 valence electrons. The summed E-state index contributed by atoms with van der Waals surface area (Å²) in [5.41, 5.74) is 0.442. The predicted octanol–water partition coefficient (Wildman–Crippen LogP) is 2.23. The number of nitrogens with zero attached hydrogens (tertiary/aromatic N) is 2. The summed E-state index contributed by atoms with van der Waals surface area (Å²) in [5, 5.41) is 7.05. The molecule has 1 aromatic carbocycles. The molecule has 1 unspecified atom stereocenters. The molecule has 1 heterocycles. The van der Waals surface area contributed by atoms with Crippen LogP contribution >= 0.6 is 11.6 Å². The fraction of sp³-hybridized carbons (Fsp3) is 0.429. The third kappa shape index (κ3) is 4.23. The van der Waals surface area contributed by atoms with Gasteiger partial charge in [0, 0.05) is 26.0 Å². The molecule has 7 heteroatoms. The number of hydrogen-bond acceptors (Lipinski definition) is 5. The number of aromatic nitrogens is 2. The van der Waals surface area contributed by atoms with Crippen molar-refractivity contribution in [3.05, 3.63) is 46.3 Å². The summed E-state index contributed by atoms with van der Waals surface area (Å²) in [5.74, 6) is 0.472. The number of rotatable bonds is 7. The molecular formula is C14H17ClFN3O2. The van der Waals surface area contributed by atoms with E-state index in [0.717, 1.165) is 0 Å². The van der Waals surface area contributed by atoms with E-state index >= 15 is 0 Å². The molecule has 0 aliphatic carbocycles. The first kappa shape index (κ1) is 15.9. The largest absolute Gasteiger partial charge is 0.383 e. The number of ether oxygens (including phenoxy) is 1. The Morgan fingerprint density at radius 2 is 2.29 bits per heavy atom. The van der Waals surface area contributed by atoms with Crippen molar-refractivity contribution in [2.75, 3.05) is 20.8 Å². The van der Waals surface area contributed by atoms with Gasteiger partial charge < -0.3 is 14.6 Å². The average molecular weight is 314 g/mol. The first-order valence-corrected chi connectivity index (χ1v) is 6.92. The molecule has 2 aromatic rings. The molecule has 0 aliphatic rings. The molecule has 0 fully saturated rings. The molecule has 2 rings (SSSR count). The van der Waals surface area contributed by atoms with Crippen molar-refractivity contribution in [3.8, 4) is 0 Å². The molecule has 0 saturated carbocycles. The molecule has 0 radical (unpaired) electrons. The molecule has 0 bridgehead atoms. The number of methoxy groups -OCH3 is 1. The van der Waals surface area contributed by atoms with Gasteiger partial charge in [-0.2, -0.15) is 4.98 Å². The summed E-state index contributed by atoms with van der Waals surface area (Å²) in [4.78, 5) is 4.26. The van der Waals surface area contributed by atoms with Gasteiger partial charge >= 0.3 is 0 Å². The minimum Gasteiger partial charge on any atom is -0.383 e. The molecule has 1 atom stereocenters. The molecule has 1 N–H and O–H groups in total. The third-order valence-corrected chi connectivity index (χ3v) is 3.38. The van der Waals surface area contributed by atoms with Gasteiger partial charge in [-0.05, 0) is 18.7 Å². The number of benzene rings is 1. The van der Waals surface area contributed by atoms with Gasteiger partial charge in [0.25, 0.3) is 0 Å². The smallest absolute Gasteiger partial charge is 0.228 e. The third-order valence-electron chi connectivity index (χ3n) is 3.09. The zero-order valence-corrected chi connectivity index (χ0v) is 12.7. The Balaban J connectivity index is 2.04. The van der Waals surface area contributed by atoms with Crippen LogP contribution in [0.3, 0.4) is 0 Å². The molecule has 5 nitrogen and oxygen atoms in total. The SMILES string of the molecule is CNC(COC)Cc1nc(Cc2cccc(Cl)c2F)no1. The first-order valence-electron chi connectivity index (χ1n) is 6.54. The lowest BCUT2D eigenvalue weighted by Gasteiger charge is -2.11. The van der Waals surface area contributed by atoms with Gasteiger partial charge in [-0.15, -0.1) is 0 Å². The van der Waals surface area contributed by atoms with Gasteiger partial charge in [0.2, 0.25) is 5.89 Å². The maximum absolute atomic E-state index is 13.8. The van der Waals surface area contributed by atoms with Crippen molar-refractivity contribution in [2.45, 2.75) is 18.9 Å². The van der Waals surface area contributed by atoms with E-state index in [9.17, 15) is 4.39 Å². The van der Waals surface area contributed by atoms with E-state index in [1.54, 1.807) is 19.2 Å². The van der Waals surface area contributed by atoms with E-state index in [1.165, 1.54) is 6.07 Å². The monoisotopic (exact) mass is 313 g/mol. The molecular weight excluding hydrogens is 297 g/mol. The lowest BCUT2D eigenvalue weighted by Crippen LogP contribution is -2.32. The van der Waals surface area contributed by atoms with Crippen LogP contribution < -0.4 is 5.32 Å².